The van der Waals surface area contributed by atoms with E-state index in [0.717, 1.165) is 17.9 Å². The van der Waals surface area contributed by atoms with Crippen LogP contribution in [0.1, 0.15) is 60.5 Å². The van der Waals surface area contributed by atoms with E-state index in [1.807, 2.05) is 24.4 Å². The van der Waals surface area contributed by atoms with Crippen molar-refractivity contribution in [1.29, 1.82) is 0 Å². The van der Waals surface area contributed by atoms with Gasteiger partial charge in [0.2, 0.25) is 0 Å². The number of benzene rings is 1. The molecule has 0 radical (unpaired) electrons. The van der Waals surface area contributed by atoms with Gasteiger partial charge in [0.15, 0.2) is 0 Å². The van der Waals surface area contributed by atoms with Crippen molar-refractivity contribution in [1.82, 2.24) is 4.98 Å². The standard InChI is InChI=1S/C15H17N.C7H14.CH4/c1-12(2)6-5-7-13-10-14-8-3-4-9-15(14)16-11-13;1-4-5-6-7(2)3;/h3-5,7-12H,6H2,1-2H3;4-5,7H,6H2,1-3H3;1H4/b7-5+;5-4+;. The van der Waals surface area contributed by atoms with Crippen molar-refractivity contribution in [3.8, 4) is 0 Å². The minimum atomic E-state index is 0. The molecule has 0 fully saturated rings. The van der Waals surface area contributed by atoms with Crippen molar-refractivity contribution in [2.24, 2.45) is 11.8 Å². The lowest BCUT2D eigenvalue weighted by Gasteiger charge is -1.99. The number of allylic oxidation sites excluding steroid dienone is 3. The lowest BCUT2D eigenvalue weighted by molar-refractivity contribution is 0.663. The first-order valence-corrected chi connectivity index (χ1v) is 8.65. The van der Waals surface area contributed by atoms with Crippen LogP contribution < -0.4 is 0 Å². The summed E-state index contributed by atoms with van der Waals surface area (Å²) in [6, 6.07) is 10.4. The molecule has 1 heteroatoms. The number of para-hydroxylation sites is 1. The van der Waals surface area contributed by atoms with Crippen molar-refractivity contribution in [2.75, 3.05) is 0 Å². The predicted molar refractivity (Wildman–Crippen MR) is 111 cm³/mol. The largest absolute Gasteiger partial charge is 0.256 e. The van der Waals surface area contributed by atoms with Crippen LogP contribution in [0.15, 0.2) is 54.8 Å². The molecule has 1 aromatic carbocycles. The fourth-order valence-electron chi connectivity index (χ4n) is 2.06. The Hall–Kier alpha value is -1.89. The second-order valence-electron chi connectivity index (χ2n) is 6.69. The fourth-order valence-corrected chi connectivity index (χ4v) is 2.06. The maximum atomic E-state index is 4.43. The third-order valence-electron chi connectivity index (χ3n) is 3.37. The Morgan fingerprint density at radius 2 is 1.58 bits per heavy atom. The summed E-state index contributed by atoms with van der Waals surface area (Å²) in [6.45, 7) is 11.0. The molecule has 0 aliphatic rings. The normalized spacial score (nSPS) is 11.1. The van der Waals surface area contributed by atoms with Crippen LogP contribution in [0.2, 0.25) is 0 Å². The summed E-state index contributed by atoms with van der Waals surface area (Å²) in [7, 11) is 0. The predicted octanol–water partition coefficient (Wildman–Crippen LogP) is 7.54. The number of pyridine rings is 1. The highest BCUT2D eigenvalue weighted by atomic mass is 14.6. The van der Waals surface area contributed by atoms with E-state index in [1.54, 1.807) is 0 Å². The van der Waals surface area contributed by atoms with E-state index >= 15 is 0 Å². The number of rotatable bonds is 5. The molecule has 0 saturated heterocycles. The number of nitrogens with zero attached hydrogens (tertiary/aromatic N) is 1. The van der Waals surface area contributed by atoms with Crippen molar-refractivity contribution in [2.45, 2.75) is 54.9 Å². The van der Waals surface area contributed by atoms with E-state index in [4.69, 9.17) is 0 Å². The molecule has 0 unspecified atom stereocenters. The SMILES string of the molecule is C.C/C=C/CC(C)C.CC(C)C/C=C/c1cnc2ccccc2c1. The molecule has 2 aromatic rings. The van der Waals surface area contributed by atoms with Gasteiger partial charge >= 0.3 is 0 Å². The van der Waals surface area contributed by atoms with Crippen molar-refractivity contribution < 1.29 is 0 Å². The minimum absolute atomic E-state index is 0. The summed E-state index contributed by atoms with van der Waals surface area (Å²) in [5.74, 6) is 1.53. The molecule has 132 valence electrons. The molecule has 0 aliphatic heterocycles. The van der Waals surface area contributed by atoms with Crippen molar-refractivity contribution in [3.63, 3.8) is 0 Å². The van der Waals surface area contributed by atoms with Gasteiger partial charge in [0.05, 0.1) is 5.52 Å². The molecular formula is C23H35N. The maximum Gasteiger partial charge on any atom is 0.0702 e. The molecule has 0 atom stereocenters. The van der Waals surface area contributed by atoms with Gasteiger partial charge in [-0.3, -0.25) is 4.98 Å². The lowest BCUT2D eigenvalue weighted by Crippen LogP contribution is -1.83. The molecular weight excluding hydrogens is 290 g/mol. The number of aromatic nitrogens is 1. The maximum absolute atomic E-state index is 4.43. The molecule has 0 spiro atoms. The average Bonchev–Trinajstić information content (AvgIpc) is 2.53. The van der Waals surface area contributed by atoms with Crippen LogP contribution >= 0.6 is 0 Å². The lowest BCUT2D eigenvalue weighted by atomic mass is 10.1. The van der Waals surface area contributed by atoms with E-state index in [-0.39, 0.29) is 7.43 Å². The molecule has 2 rings (SSSR count). The molecule has 0 amide bonds. The second-order valence-corrected chi connectivity index (χ2v) is 6.69. The zero-order valence-corrected chi connectivity index (χ0v) is 15.3. The van der Waals surface area contributed by atoms with Crippen LogP contribution in [0.4, 0.5) is 0 Å². The van der Waals surface area contributed by atoms with Crippen molar-refractivity contribution >= 4 is 17.0 Å². The summed E-state index contributed by atoms with van der Waals surface area (Å²) in [6.07, 6.45) is 12.9. The monoisotopic (exact) mass is 325 g/mol. The first-order chi connectivity index (χ1) is 11.0. The quantitative estimate of drug-likeness (QED) is 0.517. The zero-order chi connectivity index (χ0) is 17.1. The molecule has 0 saturated carbocycles. The van der Waals surface area contributed by atoms with Crippen LogP contribution in [0, 0.1) is 11.8 Å². The Balaban J connectivity index is 0.000000570. The van der Waals surface area contributed by atoms with Gasteiger partial charge in [-0.15, -0.1) is 0 Å². The second kappa shape index (κ2) is 12.5. The Kier molecular flexibility index (Phi) is 11.5. The van der Waals surface area contributed by atoms with Crippen LogP contribution in [0.25, 0.3) is 17.0 Å². The van der Waals surface area contributed by atoms with Gasteiger partial charge < -0.3 is 0 Å². The Labute approximate surface area is 149 Å². The van der Waals surface area contributed by atoms with Crippen LogP contribution in [0.3, 0.4) is 0 Å². The van der Waals surface area contributed by atoms with E-state index < -0.39 is 0 Å². The van der Waals surface area contributed by atoms with Gasteiger partial charge in [-0.25, -0.2) is 0 Å². The van der Waals surface area contributed by atoms with Gasteiger partial charge in [0, 0.05) is 11.6 Å². The Morgan fingerprint density at radius 1 is 0.958 bits per heavy atom. The highest BCUT2D eigenvalue weighted by molar-refractivity contribution is 5.80. The topological polar surface area (TPSA) is 12.9 Å². The molecule has 0 aliphatic carbocycles. The van der Waals surface area contributed by atoms with Gasteiger partial charge in [0.25, 0.3) is 0 Å². The molecule has 0 bridgehead atoms. The smallest absolute Gasteiger partial charge is 0.0702 e. The van der Waals surface area contributed by atoms with Crippen LogP contribution in [0.5, 0.6) is 0 Å². The van der Waals surface area contributed by atoms with Crippen LogP contribution in [-0.2, 0) is 0 Å². The molecule has 1 heterocycles. The summed E-state index contributed by atoms with van der Waals surface area (Å²) in [5.41, 5.74) is 2.24. The van der Waals surface area contributed by atoms with Gasteiger partial charge in [-0.05, 0) is 49.3 Å². The van der Waals surface area contributed by atoms with E-state index in [0.29, 0.717) is 5.92 Å². The van der Waals surface area contributed by atoms with Crippen molar-refractivity contribution in [3.05, 3.63) is 60.3 Å². The third-order valence-corrected chi connectivity index (χ3v) is 3.37. The number of fused-ring (bicyclic) bond motifs is 1. The zero-order valence-electron chi connectivity index (χ0n) is 15.3. The summed E-state index contributed by atoms with van der Waals surface area (Å²) in [5, 5.41) is 1.20. The molecule has 1 aromatic heterocycles. The molecule has 0 N–H and O–H groups in total. The van der Waals surface area contributed by atoms with Gasteiger partial charge in [0.1, 0.15) is 0 Å². The fraction of sp³-hybridized carbons (Fsp3) is 0.435. The first-order valence-electron chi connectivity index (χ1n) is 8.65. The van der Waals surface area contributed by atoms with E-state index in [9.17, 15) is 0 Å². The molecule has 1 nitrogen and oxygen atoms in total. The Morgan fingerprint density at radius 3 is 2.17 bits per heavy atom. The van der Waals surface area contributed by atoms with Gasteiger partial charge in [-0.1, -0.05) is 77.6 Å². The van der Waals surface area contributed by atoms with Crippen LogP contribution in [-0.4, -0.2) is 4.98 Å². The summed E-state index contributed by atoms with van der Waals surface area (Å²) in [4.78, 5) is 4.43. The van der Waals surface area contributed by atoms with E-state index in [1.165, 1.54) is 17.4 Å². The number of hydrogen-bond donors (Lipinski definition) is 0. The first kappa shape index (κ1) is 22.1. The van der Waals surface area contributed by atoms with Gasteiger partial charge in [-0.2, -0.15) is 0 Å². The summed E-state index contributed by atoms with van der Waals surface area (Å²) >= 11 is 0. The highest BCUT2D eigenvalue weighted by Gasteiger charge is 1.94. The number of hydrogen-bond acceptors (Lipinski definition) is 1. The highest BCUT2D eigenvalue weighted by Crippen LogP contribution is 2.14. The third kappa shape index (κ3) is 9.29. The minimum Gasteiger partial charge on any atom is -0.256 e. The summed E-state index contributed by atoms with van der Waals surface area (Å²) < 4.78 is 0. The average molecular weight is 326 g/mol. The Bertz CT molecular complexity index is 621. The van der Waals surface area contributed by atoms with E-state index in [2.05, 4.69) is 76.0 Å². The molecule has 24 heavy (non-hydrogen) atoms.